The second kappa shape index (κ2) is 9.01. The number of nitrogens with zero attached hydrogens (tertiary/aromatic N) is 1. The highest BCUT2D eigenvalue weighted by atomic mass is 16.5. The fourth-order valence-corrected chi connectivity index (χ4v) is 4.47. The highest BCUT2D eigenvalue weighted by molar-refractivity contribution is 6.00. The Morgan fingerprint density at radius 2 is 1.79 bits per heavy atom. The van der Waals surface area contributed by atoms with Gasteiger partial charge in [-0.3, -0.25) is 9.59 Å². The van der Waals surface area contributed by atoms with E-state index in [0.29, 0.717) is 35.6 Å². The summed E-state index contributed by atoms with van der Waals surface area (Å²) in [4.78, 5) is 43.0. The molecule has 2 fully saturated rings. The second-order valence-corrected chi connectivity index (χ2v) is 8.66. The Bertz CT molecular complexity index is 777. The molecule has 3 rings (SSSR count). The predicted octanol–water partition coefficient (Wildman–Crippen LogP) is 3.11. The first-order valence-electron chi connectivity index (χ1n) is 10.8. The van der Waals surface area contributed by atoms with Crippen LogP contribution in [0.4, 0.5) is 0 Å². The Morgan fingerprint density at radius 1 is 1.10 bits per heavy atom. The number of aromatic nitrogens is 1. The molecule has 0 aromatic carbocycles. The van der Waals surface area contributed by atoms with E-state index in [4.69, 9.17) is 4.74 Å². The first kappa shape index (κ1) is 21.4. The third-order valence-electron chi connectivity index (χ3n) is 5.98. The smallest absolute Gasteiger partial charge is 0.340 e. The number of carbonyl (C=O) groups excluding carboxylic acids is 3. The van der Waals surface area contributed by atoms with Crippen molar-refractivity contribution in [3.63, 3.8) is 0 Å². The molecule has 2 amide bonds. The van der Waals surface area contributed by atoms with Crippen LogP contribution in [0.5, 0.6) is 0 Å². The number of ether oxygens (including phenoxy) is 1. The number of nitrogens with one attached hydrogen (secondary N) is 2. The highest BCUT2D eigenvalue weighted by Gasteiger charge is 2.32. The molecule has 29 heavy (non-hydrogen) atoms. The average Bonchev–Trinajstić information content (AvgIpc) is 3.28. The summed E-state index contributed by atoms with van der Waals surface area (Å²) in [5, 5.41) is 3.16. The number of carbonyl (C=O) groups is 3. The van der Waals surface area contributed by atoms with Crippen LogP contribution in [-0.4, -0.2) is 52.9 Å². The van der Waals surface area contributed by atoms with E-state index in [1.54, 1.807) is 32.6 Å². The maximum atomic E-state index is 13.2. The summed E-state index contributed by atoms with van der Waals surface area (Å²) in [6.07, 6.45) is 5.83. The summed E-state index contributed by atoms with van der Waals surface area (Å²) in [6, 6.07) is 0.288. The van der Waals surface area contributed by atoms with Crippen LogP contribution in [0.25, 0.3) is 0 Å². The molecule has 0 unspecified atom stereocenters. The van der Waals surface area contributed by atoms with Crippen molar-refractivity contribution < 1.29 is 19.1 Å². The lowest BCUT2D eigenvalue weighted by Crippen LogP contribution is -2.47. The van der Waals surface area contributed by atoms with Crippen molar-refractivity contribution in [1.82, 2.24) is 15.2 Å². The van der Waals surface area contributed by atoms with Gasteiger partial charge in [0.2, 0.25) is 5.91 Å². The number of likely N-dealkylation sites (tertiary alicyclic amines) is 1. The van der Waals surface area contributed by atoms with Crippen LogP contribution in [0.2, 0.25) is 0 Å². The van der Waals surface area contributed by atoms with Crippen LogP contribution >= 0.6 is 0 Å². The third-order valence-corrected chi connectivity index (χ3v) is 5.98. The van der Waals surface area contributed by atoms with E-state index >= 15 is 0 Å². The molecule has 160 valence electrons. The van der Waals surface area contributed by atoms with Crippen molar-refractivity contribution in [2.75, 3.05) is 13.1 Å². The average molecular weight is 404 g/mol. The molecule has 1 saturated heterocycles. The fourth-order valence-electron chi connectivity index (χ4n) is 4.47. The number of esters is 1. The number of H-pyrrole nitrogens is 1. The molecule has 0 radical (unpaired) electrons. The standard InChI is InChI=1S/C22H33N3O4/c1-13(2)29-22(28)18-14(3)19(23-15(18)4)21(27)25-11-7-8-16(12-25)20(26)24-17-9-5-6-10-17/h13,16-17,23H,5-12H2,1-4H3,(H,24,26)/t16-/m0/s1. The first-order valence-corrected chi connectivity index (χ1v) is 10.8. The van der Waals surface area contributed by atoms with E-state index in [2.05, 4.69) is 10.3 Å². The van der Waals surface area contributed by atoms with Crippen LogP contribution < -0.4 is 5.32 Å². The van der Waals surface area contributed by atoms with Gasteiger partial charge in [0.15, 0.2) is 0 Å². The van der Waals surface area contributed by atoms with Gasteiger partial charge in [-0.15, -0.1) is 0 Å². The Hall–Kier alpha value is -2.31. The van der Waals surface area contributed by atoms with E-state index in [1.807, 2.05) is 0 Å². The van der Waals surface area contributed by atoms with Gasteiger partial charge in [0.1, 0.15) is 5.69 Å². The summed E-state index contributed by atoms with van der Waals surface area (Å²) >= 11 is 0. The van der Waals surface area contributed by atoms with Gasteiger partial charge >= 0.3 is 5.97 Å². The van der Waals surface area contributed by atoms with Crippen molar-refractivity contribution >= 4 is 17.8 Å². The molecule has 0 bridgehead atoms. The molecular weight excluding hydrogens is 370 g/mol. The zero-order valence-corrected chi connectivity index (χ0v) is 18.0. The van der Waals surface area contributed by atoms with Crippen LogP contribution in [0.3, 0.4) is 0 Å². The zero-order chi connectivity index (χ0) is 21.1. The Kier molecular flexibility index (Phi) is 6.65. The van der Waals surface area contributed by atoms with Gasteiger partial charge in [0, 0.05) is 24.8 Å². The second-order valence-electron chi connectivity index (χ2n) is 8.66. The van der Waals surface area contributed by atoms with Crippen molar-refractivity contribution in [2.45, 2.75) is 78.4 Å². The molecule has 1 aliphatic heterocycles. The van der Waals surface area contributed by atoms with Gasteiger partial charge in [-0.25, -0.2) is 4.79 Å². The SMILES string of the molecule is Cc1[nH]c(C(=O)N2CCC[C@H](C(=O)NC3CCCC3)C2)c(C)c1C(=O)OC(C)C. The molecule has 1 aromatic heterocycles. The molecule has 2 N–H and O–H groups in total. The lowest BCUT2D eigenvalue weighted by Gasteiger charge is -2.32. The Balaban J connectivity index is 1.69. The molecule has 2 heterocycles. The van der Waals surface area contributed by atoms with Gasteiger partial charge in [-0.2, -0.15) is 0 Å². The molecular formula is C22H33N3O4. The quantitative estimate of drug-likeness (QED) is 0.739. The first-order chi connectivity index (χ1) is 13.8. The van der Waals surface area contributed by atoms with E-state index in [-0.39, 0.29) is 29.9 Å². The molecule has 0 spiro atoms. The molecule has 1 atom stereocenters. The number of aryl methyl sites for hydroxylation is 1. The zero-order valence-electron chi connectivity index (χ0n) is 18.0. The minimum absolute atomic E-state index is 0.0648. The monoisotopic (exact) mass is 403 g/mol. The molecule has 1 aliphatic carbocycles. The number of rotatable bonds is 5. The number of piperidine rings is 1. The topological polar surface area (TPSA) is 91.5 Å². The van der Waals surface area contributed by atoms with E-state index in [9.17, 15) is 14.4 Å². The summed E-state index contributed by atoms with van der Waals surface area (Å²) < 4.78 is 5.31. The van der Waals surface area contributed by atoms with Gasteiger partial charge in [0.05, 0.1) is 17.6 Å². The van der Waals surface area contributed by atoms with Crippen LogP contribution in [0, 0.1) is 19.8 Å². The highest BCUT2D eigenvalue weighted by Crippen LogP contribution is 2.25. The maximum absolute atomic E-state index is 13.2. The Labute approximate surface area is 172 Å². The largest absolute Gasteiger partial charge is 0.459 e. The van der Waals surface area contributed by atoms with Crippen molar-refractivity contribution in [3.05, 3.63) is 22.5 Å². The normalized spacial score (nSPS) is 20.2. The van der Waals surface area contributed by atoms with Gasteiger partial charge in [-0.05, 0) is 58.9 Å². The summed E-state index contributed by atoms with van der Waals surface area (Å²) in [6.45, 7) is 8.17. The van der Waals surface area contributed by atoms with Crippen molar-refractivity contribution in [3.8, 4) is 0 Å². The van der Waals surface area contributed by atoms with Gasteiger partial charge in [-0.1, -0.05) is 12.8 Å². The predicted molar refractivity (Wildman–Crippen MR) is 110 cm³/mol. The van der Waals surface area contributed by atoms with Crippen LogP contribution in [0.1, 0.15) is 84.5 Å². The number of aromatic amines is 1. The molecule has 7 heteroatoms. The number of hydrogen-bond donors (Lipinski definition) is 2. The fraction of sp³-hybridized carbons (Fsp3) is 0.682. The lowest BCUT2D eigenvalue weighted by atomic mass is 9.96. The minimum Gasteiger partial charge on any atom is -0.459 e. The van der Waals surface area contributed by atoms with Crippen molar-refractivity contribution in [2.24, 2.45) is 5.92 Å². The third kappa shape index (κ3) is 4.82. The number of hydrogen-bond acceptors (Lipinski definition) is 4. The van der Waals surface area contributed by atoms with Crippen LogP contribution in [-0.2, 0) is 9.53 Å². The van der Waals surface area contributed by atoms with Crippen LogP contribution in [0.15, 0.2) is 0 Å². The van der Waals surface area contributed by atoms with Crippen molar-refractivity contribution in [1.29, 1.82) is 0 Å². The summed E-state index contributed by atoms with van der Waals surface area (Å²) in [7, 11) is 0. The van der Waals surface area contributed by atoms with E-state index < -0.39 is 5.97 Å². The summed E-state index contributed by atoms with van der Waals surface area (Å²) in [5.41, 5.74) is 2.07. The summed E-state index contributed by atoms with van der Waals surface area (Å²) in [5.74, 6) is -0.685. The van der Waals surface area contributed by atoms with E-state index in [1.165, 1.54) is 12.8 Å². The molecule has 1 aromatic rings. The molecule has 2 aliphatic rings. The lowest BCUT2D eigenvalue weighted by molar-refractivity contribution is -0.127. The molecule has 1 saturated carbocycles. The van der Waals surface area contributed by atoms with E-state index in [0.717, 1.165) is 25.7 Å². The number of amides is 2. The van der Waals surface area contributed by atoms with Gasteiger partial charge in [0.25, 0.3) is 5.91 Å². The minimum atomic E-state index is -0.419. The Morgan fingerprint density at radius 3 is 2.45 bits per heavy atom. The molecule has 7 nitrogen and oxygen atoms in total. The maximum Gasteiger partial charge on any atom is 0.340 e. The van der Waals surface area contributed by atoms with Gasteiger partial charge < -0.3 is 19.9 Å².